The number of fused-ring (bicyclic) bond motifs is 1. The first-order chi connectivity index (χ1) is 13.8. The number of hydrogen-bond donors (Lipinski definition) is 2. The van der Waals surface area contributed by atoms with E-state index >= 15 is 0 Å². The molecule has 0 amide bonds. The van der Waals surface area contributed by atoms with Crippen molar-refractivity contribution in [3.8, 4) is 23.0 Å². The van der Waals surface area contributed by atoms with E-state index in [0.29, 0.717) is 13.4 Å². The highest BCUT2D eigenvalue weighted by Gasteiger charge is 2.12. The van der Waals surface area contributed by atoms with Gasteiger partial charge in [0.25, 0.3) is 0 Å². The van der Waals surface area contributed by atoms with E-state index in [2.05, 4.69) is 21.7 Å². The fourth-order valence-corrected chi connectivity index (χ4v) is 2.78. The Morgan fingerprint density at radius 1 is 1.00 bits per heavy atom. The second-order valence-corrected chi connectivity index (χ2v) is 6.24. The van der Waals surface area contributed by atoms with Crippen molar-refractivity contribution in [2.45, 2.75) is 12.8 Å². The lowest BCUT2D eigenvalue weighted by molar-refractivity contribution is 0.174. The van der Waals surface area contributed by atoms with Crippen LogP contribution in [0.2, 0.25) is 0 Å². The molecule has 1 heterocycles. The Kier molecular flexibility index (Phi) is 7.23. The summed E-state index contributed by atoms with van der Waals surface area (Å²) in [5, 5.41) is 6.62. The SMILES string of the molecule is CN=C(NCCCOc1ccc(OC)cc1)NCCc1ccc2c(c1)OCO2. The minimum absolute atomic E-state index is 0.301. The minimum Gasteiger partial charge on any atom is -0.497 e. The molecule has 7 heteroatoms. The highest BCUT2D eigenvalue weighted by atomic mass is 16.7. The first-order valence-electron chi connectivity index (χ1n) is 9.38. The van der Waals surface area contributed by atoms with Crippen molar-refractivity contribution >= 4 is 5.96 Å². The van der Waals surface area contributed by atoms with E-state index in [1.807, 2.05) is 36.4 Å². The maximum atomic E-state index is 5.72. The van der Waals surface area contributed by atoms with E-state index in [0.717, 1.165) is 54.9 Å². The zero-order valence-electron chi connectivity index (χ0n) is 16.4. The monoisotopic (exact) mass is 385 g/mol. The number of rotatable bonds is 9. The van der Waals surface area contributed by atoms with Crippen LogP contribution in [0, 0.1) is 0 Å². The molecule has 1 aliphatic rings. The van der Waals surface area contributed by atoms with Crippen molar-refractivity contribution in [1.82, 2.24) is 10.6 Å². The Labute approximate surface area is 165 Å². The molecule has 7 nitrogen and oxygen atoms in total. The molecule has 0 saturated carbocycles. The third-order valence-corrected chi connectivity index (χ3v) is 4.31. The van der Waals surface area contributed by atoms with Gasteiger partial charge in [0.15, 0.2) is 17.5 Å². The molecular formula is C21H27N3O4. The molecule has 0 aliphatic carbocycles. The lowest BCUT2D eigenvalue weighted by Crippen LogP contribution is -2.39. The van der Waals surface area contributed by atoms with E-state index in [9.17, 15) is 0 Å². The van der Waals surface area contributed by atoms with E-state index in [1.165, 1.54) is 5.56 Å². The molecule has 28 heavy (non-hydrogen) atoms. The van der Waals surface area contributed by atoms with E-state index in [1.54, 1.807) is 14.2 Å². The zero-order valence-corrected chi connectivity index (χ0v) is 16.4. The predicted molar refractivity (Wildman–Crippen MR) is 109 cm³/mol. The molecule has 2 aromatic rings. The first kappa shape index (κ1) is 19.7. The lowest BCUT2D eigenvalue weighted by Gasteiger charge is -2.12. The summed E-state index contributed by atoms with van der Waals surface area (Å²) in [5.41, 5.74) is 1.19. The number of nitrogens with one attached hydrogen (secondary N) is 2. The fraction of sp³-hybridized carbons (Fsp3) is 0.381. The van der Waals surface area contributed by atoms with Crippen LogP contribution >= 0.6 is 0 Å². The Bertz CT molecular complexity index is 778. The number of methoxy groups -OCH3 is 1. The van der Waals surface area contributed by atoms with Crippen LogP contribution in [0.5, 0.6) is 23.0 Å². The van der Waals surface area contributed by atoms with Crippen molar-refractivity contribution in [3.05, 3.63) is 48.0 Å². The van der Waals surface area contributed by atoms with Crippen molar-refractivity contribution in [1.29, 1.82) is 0 Å². The topological polar surface area (TPSA) is 73.3 Å². The predicted octanol–water partition coefficient (Wildman–Crippen LogP) is 2.60. The summed E-state index contributed by atoms with van der Waals surface area (Å²) in [6, 6.07) is 13.6. The van der Waals surface area contributed by atoms with Gasteiger partial charge in [-0.05, 0) is 54.8 Å². The van der Waals surface area contributed by atoms with Crippen molar-refractivity contribution in [2.75, 3.05) is 40.6 Å². The molecule has 2 aromatic carbocycles. The highest BCUT2D eigenvalue weighted by Crippen LogP contribution is 2.32. The third-order valence-electron chi connectivity index (χ3n) is 4.31. The number of ether oxygens (including phenoxy) is 4. The Hall–Kier alpha value is -3.09. The van der Waals surface area contributed by atoms with Gasteiger partial charge in [0.05, 0.1) is 13.7 Å². The summed E-state index contributed by atoms with van der Waals surface area (Å²) in [4.78, 5) is 4.25. The largest absolute Gasteiger partial charge is 0.497 e. The molecule has 0 atom stereocenters. The van der Waals surface area contributed by atoms with Gasteiger partial charge in [0, 0.05) is 20.1 Å². The second kappa shape index (κ2) is 10.3. The van der Waals surface area contributed by atoms with Crippen molar-refractivity contribution in [2.24, 2.45) is 4.99 Å². The van der Waals surface area contributed by atoms with Gasteiger partial charge in [-0.3, -0.25) is 4.99 Å². The molecule has 0 unspecified atom stereocenters. The van der Waals surface area contributed by atoms with Crippen LogP contribution in [-0.4, -0.2) is 46.6 Å². The van der Waals surface area contributed by atoms with Crippen LogP contribution in [0.3, 0.4) is 0 Å². The average Bonchev–Trinajstić information content (AvgIpc) is 3.20. The number of nitrogens with zero attached hydrogens (tertiary/aromatic N) is 1. The smallest absolute Gasteiger partial charge is 0.231 e. The number of hydrogen-bond acceptors (Lipinski definition) is 5. The minimum atomic E-state index is 0.301. The zero-order chi connectivity index (χ0) is 19.6. The van der Waals surface area contributed by atoms with Crippen LogP contribution in [0.15, 0.2) is 47.5 Å². The molecule has 1 aliphatic heterocycles. The first-order valence-corrected chi connectivity index (χ1v) is 9.38. The Balaban J connectivity index is 1.30. The lowest BCUT2D eigenvalue weighted by atomic mass is 10.1. The molecule has 150 valence electrons. The average molecular weight is 385 g/mol. The van der Waals surface area contributed by atoms with Gasteiger partial charge in [0.1, 0.15) is 11.5 Å². The van der Waals surface area contributed by atoms with Crippen LogP contribution < -0.4 is 29.6 Å². The molecule has 0 saturated heterocycles. The molecule has 3 rings (SSSR count). The van der Waals surface area contributed by atoms with Gasteiger partial charge >= 0.3 is 0 Å². The number of benzene rings is 2. The Morgan fingerprint density at radius 3 is 2.54 bits per heavy atom. The van der Waals surface area contributed by atoms with Gasteiger partial charge in [0.2, 0.25) is 6.79 Å². The Morgan fingerprint density at radius 2 is 1.75 bits per heavy atom. The van der Waals surface area contributed by atoms with Gasteiger partial charge in [-0.25, -0.2) is 0 Å². The summed E-state index contributed by atoms with van der Waals surface area (Å²) in [6.45, 7) is 2.49. The maximum Gasteiger partial charge on any atom is 0.231 e. The molecule has 0 spiro atoms. The summed E-state index contributed by atoms with van der Waals surface area (Å²) in [7, 11) is 3.42. The van der Waals surface area contributed by atoms with Crippen LogP contribution in [0.4, 0.5) is 0 Å². The summed E-state index contributed by atoms with van der Waals surface area (Å²) >= 11 is 0. The van der Waals surface area contributed by atoms with E-state index in [4.69, 9.17) is 18.9 Å². The summed E-state index contributed by atoms with van der Waals surface area (Å²) in [5.74, 6) is 4.07. The van der Waals surface area contributed by atoms with Gasteiger partial charge in [-0.1, -0.05) is 6.07 Å². The van der Waals surface area contributed by atoms with Crippen LogP contribution in [-0.2, 0) is 6.42 Å². The van der Waals surface area contributed by atoms with E-state index in [-0.39, 0.29) is 0 Å². The molecule has 0 radical (unpaired) electrons. The van der Waals surface area contributed by atoms with E-state index < -0.39 is 0 Å². The standard InChI is InChI=1S/C21H27N3O4/c1-22-21(23-11-3-13-26-18-7-5-17(25-2)6-8-18)24-12-10-16-4-9-19-20(14-16)28-15-27-19/h4-9,14H,3,10-13,15H2,1-2H3,(H2,22,23,24). The normalized spacial score (nSPS) is 12.6. The van der Waals surface area contributed by atoms with Gasteiger partial charge in [-0.15, -0.1) is 0 Å². The maximum absolute atomic E-state index is 5.72. The molecular weight excluding hydrogens is 358 g/mol. The fourth-order valence-electron chi connectivity index (χ4n) is 2.78. The third kappa shape index (κ3) is 5.70. The van der Waals surface area contributed by atoms with Crippen molar-refractivity contribution < 1.29 is 18.9 Å². The molecule has 0 aromatic heterocycles. The summed E-state index contributed by atoms with van der Waals surface area (Å²) < 4.78 is 21.6. The quantitative estimate of drug-likeness (QED) is 0.393. The van der Waals surface area contributed by atoms with Crippen molar-refractivity contribution in [3.63, 3.8) is 0 Å². The molecule has 2 N–H and O–H groups in total. The van der Waals surface area contributed by atoms with Gasteiger partial charge < -0.3 is 29.6 Å². The van der Waals surface area contributed by atoms with Crippen LogP contribution in [0.1, 0.15) is 12.0 Å². The van der Waals surface area contributed by atoms with Crippen LogP contribution in [0.25, 0.3) is 0 Å². The summed E-state index contributed by atoms with van der Waals surface area (Å²) in [6.07, 6.45) is 1.74. The number of guanidine groups is 1. The highest BCUT2D eigenvalue weighted by molar-refractivity contribution is 5.79. The number of aliphatic imine (C=N–C) groups is 1. The molecule has 0 bridgehead atoms. The second-order valence-electron chi connectivity index (χ2n) is 6.24. The van der Waals surface area contributed by atoms with Gasteiger partial charge in [-0.2, -0.15) is 0 Å². The molecule has 0 fully saturated rings.